The second kappa shape index (κ2) is 7.23. The Morgan fingerprint density at radius 3 is 2.90 bits per heavy atom. The molecule has 0 aromatic carbocycles. The minimum absolute atomic E-state index is 0.111. The maximum atomic E-state index is 13.9. The van der Waals surface area contributed by atoms with Crippen molar-refractivity contribution in [2.45, 2.75) is 37.3 Å². The maximum Gasteiger partial charge on any atom is 0.274 e. The molecule has 1 aliphatic rings. The molecular formula is C17H19ClF2N8O. The molecule has 3 aromatic heterocycles. The molecule has 9 nitrogen and oxygen atoms in total. The molecule has 0 saturated heterocycles. The van der Waals surface area contributed by atoms with Gasteiger partial charge in [-0.1, -0.05) is 11.6 Å². The Bertz CT molecular complexity index is 1070. The SMILES string of the molecule is Cn1cc(NC(=O)c2ccc3cnc(N[C@@H]4CCCC(F)(F)[C@@H]4N)nn23)c(Cl)n1. The molecule has 1 amide bonds. The number of rotatable bonds is 4. The highest BCUT2D eigenvalue weighted by Crippen LogP contribution is 2.33. The summed E-state index contributed by atoms with van der Waals surface area (Å²) in [6, 6.07) is 1.24. The van der Waals surface area contributed by atoms with E-state index in [0.29, 0.717) is 24.0 Å². The van der Waals surface area contributed by atoms with Gasteiger partial charge in [-0.25, -0.2) is 18.3 Å². The summed E-state index contributed by atoms with van der Waals surface area (Å²) >= 11 is 5.98. The molecule has 12 heteroatoms. The Labute approximate surface area is 169 Å². The van der Waals surface area contributed by atoms with Gasteiger partial charge >= 0.3 is 0 Å². The van der Waals surface area contributed by atoms with Crippen LogP contribution in [0.15, 0.2) is 24.5 Å². The number of alkyl halides is 2. The molecular weight excluding hydrogens is 406 g/mol. The number of amides is 1. The standard InChI is InChI=1S/C17H19ClF2N8O/c1-27-8-11(14(18)25-27)23-15(29)12-5-4-9-7-22-16(26-28(9)12)24-10-3-2-6-17(19,20)13(10)21/h4-5,7-8,10,13H,2-3,6,21H2,1H3,(H,23,29)(H,24,26)/t10-,13-/m1/s1. The molecule has 0 unspecified atom stereocenters. The molecule has 0 bridgehead atoms. The zero-order chi connectivity index (χ0) is 20.8. The molecule has 0 aliphatic heterocycles. The summed E-state index contributed by atoms with van der Waals surface area (Å²) in [5, 5.41) is 13.9. The Hall–Kier alpha value is -2.79. The van der Waals surface area contributed by atoms with Crippen LogP contribution in [-0.4, -0.2) is 48.3 Å². The number of nitrogens with one attached hydrogen (secondary N) is 2. The number of aromatic nitrogens is 5. The molecule has 4 N–H and O–H groups in total. The predicted octanol–water partition coefficient (Wildman–Crippen LogP) is 2.30. The van der Waals surface area contributed by atoms with E-state index in [4.69, 9.17) is 17.3 Å². The number of carbonyl (C=O) groups excluding carboxylic acids is 1. The van der Waals surface area contributed by atoms with E-state index in [1.54, 1.807) is 25.4 Å². The number of hydrogen-bond acceptors (Lipinski definition) is 6. The fourth-order valence-electron chi connectivity index (χ4n) is 3.40. The van der Waals surface area contributed by atoms with Crippen LogP contribution >= 0.6 is 11.6 Å². The highest BCUT2D eigenvalue weighted by atomic mass is 35.5. The van der Waals surface area contributed by atoms with E-state index in [9.17, 15) is 13.6 Å². The summed E-state index contributed by atoms with van der Waals surface area (Å²) in [4.78, 5) is 16.8. The highest BCUT2D eigenvalue weighted by molar-refractivity contribution is 6.32. The molecule has 0 radical (unpaired) electrons. The Morgan fingerprint density at radius 2 is 2.17 bits per heavy atom. The van der Waals surface area contributed by atoms with Gasteiger partial charge in [-0.3, -0.25) is 9.48 Å². The molecule has 1 aliphatic carbocycles. The van der Waals surface area contributed by atoms with Crippen molar-refractivity contribution in [1.29, 1.82) is 0 Å². The van der Waals surface area contributed by atoms with Crippen molar-refractivity contribution >= 4 is 34.7 Å². The third-order valence-corrected chi connectivity index (χ3v) is 5.20. The quantitative estimate of drug-likeness (QED) is 0.592. The number of carbonyl (C=O) groups is 1. The third kappa shape index (κ3) is 3.75. The van der Waals surface area contributed by atoms with Crippen LogP contribution in [0.3, 0.4) is 0 Å². The van der Waals surface area contributed by atoms with Gasteiger partial charge in [0.25, 0.3) is 11.8 Å². The van der Waals surface area contributed by atoms with E-state index < -0.39 is 23.9 Å². The van der Waals surface area contributed by atoms with Crippen molar-refractivity contribution in [2.75, 3.05) is 10.6 Å². The van der Waals surface area contributed by atoms with Gasteiger partial charge in [-0.15, -0.1) is 5.10 Å². The number of nitrogens with two attached hydrogens (primary N) is 1. The second-order valence-corrected chi connectivity index (χ2v) is 7.39. The largest absolute Gasteiger partial charge is 0.348 e. The summed E-state index contributed by atoms with van der Waals surface area (Å²) in [7, 11) is 1.68. The molecule has 3 heterocycles. The number of fused-ring (bicyclic) bond motifs is 1. The molecule has 2 atom stereocenters. The lowest BCUT2D eigenvalue weighted by Gasteiger charge is -2.35. The predicted molar refractivity (Wildman–Crippen MR) is 103 cm³/mol. The van der Waals surface area contributed by atoms with Gasteiger partial charge in [0.1, 0.15) is 5.69 Å². The van der Waals surface area contributed by atoms with Gasteiger partial charge in [0.2, 0.25) is 5.95 Å². The highest BCUT2D eigenvalue weighted by Gasteiger charge is 2.44. The zero-order valence-corrected chi connectivity index (χ0v) is 16.2. The summed E-state index contributed by atoms with van der Waals surface area (Å²) in [5.74, 6) is -3.28. The van der Waals surface area contributed by atoms with Gasteiger partial charge in [0.15, 0.2) is 5.15 Å². The number of aryl methyl sites for hydroxylation is 1. The van der Waals surface area contributed by atoms with E-state index in [1.807, 2.05) is 0 Å². The number of halogens is 3. The monoisotopic (exact) mass is 424 g/mol. The number of anilines is 2. The molecule has 1 saturated carbocycles. The number of nitrogens with zero attached hydrogens (tertiary/aromatic N) is 5. The molecule has 4 rings (SSSR count). The van der Waals surface area contributed by atoms with Crippen LogP contribution in [0.5, 0.6) is 0 Å². The first-order chi connectivity index (χ1) is 13.7. The van der Waals surface area contributed by atoms with Gasteiger partial charge < -0.3 is 16.4 Å². The average Bonchev–Trinajstić information content (AvgIpc) is 3.21. The lowest BCUT2D eigenvalue weighted by atomic mass is 9.87. The van der Waals surface area contributed by atoms with Crippen LogP contribution in [0.4, 0.5) is 20.4 Å². The average molecular weight is 425 g/mol. The second-order valence-electron chi connectivity index (χ2n) is 7.03. The van der Waals surface area contributed by atoms with Crippen molar-refractivity contribution in [2.24, 2.45) is 12.8 Å². The van der Waals surface area contributed by atoms with Crippen LogP contribution in [-0.2, 0) is 7.05 Å². The van der Waals surface area contributed by atoms with E-state index in [1.165, 1.54) is 15.4 Å². The molecule has 1 fully saturated rings. The Balaban J connectivity index is 1.58. The summed E-state index contributed by atoms with van der Waals surface area (Å²) in [6.07, 6.45) is 3.67. The summed E-state index contributed by atoms with van der Waals surface area (Å²) in [6.45, 7) is 0. The molecule has 3 aromatic rings. The van der Waals surface area contributed by atoms with Crippen LogP contribution in [0, 0.1) is 0 Å². The molecule has 0 spiro atoms. The minimum atomic E-state index is -2.94. The Morgan fingerprint density at radius 1 is 1.38 bits per heavy atom. The van der Waals surface area contributed by atoms with Crippen LogP contribution in [0.1, 0.15) is 29.8 Å². The molecule has 154 valence electrons. The maximum absolute atomic E-state index is 13.9. The van der Waals surface area contributed by atoms with Crippen LogP contribution in [0.25, 0.3) is 5.52 Å². The minimum Gasteiger partial charge on any atom is -0.348 e. The van der Waals surface area contributed by atoms with E-state index in [2.05, 4.69) is 25.8 Å². The van der Waals surface area contributed by atoms with Gasteiger partial charge in [0, 0.05) is 19.7 Å². The lowest BCUT2D eigenvalue weighted by Crippen LogP contribution is -2.55. The van der Waals surface area contributed by atoms with Crippen molar-refractivity contribution in [3.63, 3.8) is 0 Å². The van der Waals surface area contributed by atoms with Gasteiger partial charge in [0.05, 0.1) is 29.5 Å². The third-order valence-electron chi connectivity index (χ3n) is 4.92. The van der Waals surface area contributed by atoms with Crippen molar-refractivity contribution in [3.8, 4) is 0 Å². The topological polar surface area (TPSA) is 115 Å². The zero-order valence-electron chi connectivity index (χ0n) is 15.4. The van der Waals surface area contributed by atoms with Crippen molar-refractivity contribution in [1.82, 2.24) is 24.4 Å². The first-order valence-corrected chi connectivity index (χ1v) is 9.37. The van der Waals surface area contributed by atoms with Crippen molar-refractivity contribution < 1.29 is 13.6 Å². The van der Waals surface area contributed by atoms with Crippen molar-refractivity contribution in [3.05, 3.63) is 35.4 Å². The van der Waals surface area contributed by atoms with E-state index in [0.717, 1.165) is 0 Å². The summed E-state index contributed by atoms with van der Waals surface area (Å²) < 4.78 is 30.6. The van der Waals surface area contributed by atoms with Crippen LogP contribution < -0.4 is 16.4 Å². The van der Waals surface area contributed by atoms with E-state index in [-0.39, 0.29) is 23.2 Å². The fourth-order valence-corrected chi connectivity index (χ4v) is 3.61. The molecule has 29 heavy (non-hydrogen) atoms. The van der Waals surface area contributed by atoms with Crippen LogP contribution in [0.2, 0.25) is 5.15 Å². The summed E-state index contributed by atoms with van der Waals surface area (Å²) in [5.41, 5.74) is 6.87. The fraction of sp³-hybridized carbons (Fsp3) is 0.412. The van der Waals surface area contributed by atoms with E-state index >= 15 is 0 Å². The van der Waals surface area contributed by atoms with Gasteiger partial charge in [-0.2, -0.15) is 5.10 Å². The first kappa shape index (κ1) is 19.5. The smallest absolute Gasteiger partial charge is 0.274 e. The first-order valence-electron chi connectivity index (χ1n) is 9.00. The normalized spacial score (nSPS) is 21.3. The Kier molecular flexibility index (Phi) is 4.87. The number of hydrogen-bond donors (Lipinski definition) is 3. The lowest BCUT2D eigenvalue weighted by molar-refractivity contribution is -0.0555. The van der Waals surface area contributed by atoms with Gasteiger partial charge in [-0.05, 0) is 25.0 Å².